The van der Waals surface area contributed by atoms with Gasteiger partial charge in [-0.2, -0.15) is 13.2 Å². The molecule has 0 unspecified atom stereocenters. The van der Waals surface area contributed by atoms with Gasteiger partial charge in [0.1, 0.15) is 21.8 Å². The average molecular weight is 610 g/mol. The number of halogens is 9. The Balaban J connectivity index is 1.57. The van der Waals surface area contributed by atoms with Crippen molar-refractivity contribution in [3.63, 3.8) is 0 Å². The Morgan fingerprint density at radius 3 is 2.31 bits per heavy atom. The number of aryl methyl sites for hydroxylation is 1. The number of hydrogen-bond donors (Lipinski definition) is 2. The SMILES string of the molecule is Cc1cc(NC(=O)[C@H]2[C@H](c3ccc(F)c(C(F)(F)F)c3)C2(Cl)Cl)cc(C(=O)Cc2cc(N)c(F)cc2F)c1Cl. The molecule has 2 atom stereocenters. The summed E-state index contributed by atoms with van der Waals surface area (Å²) >= 11 is 18.7. The van der Waals surface area contributed by atoms with Crippen molar-refractivity contribution < 1.29 is 35.9 Å². The van der Waals surface area contributed by atoms with Crippen LogP contribution in [0.4, 0.5) is 37.7 Å². The topological polar surface area (TPSA) is 72.2 Å². The normalized spacial score (nSPS) is 18.1. The van der Waals surface area contributed by atoms with E-state index in [1.54, 1.807) is 0 Å². The minimum Gasteiger partial charge on any atom is -0.396 e. The Morgan fingerprint density at radius 2 is 1.67 bits per heavy atom. The molecule has 1 aliphatic rings. The third-order valence-electron chi connectivity index (χ3n) is 6.33. The third-order valence-corrected chi connectivity index (χ3v) is 7.77. The van der Waals surface area contributed by atoms with Gasteiger partial charge in [-0.25, -0.2) is 13.2 Å². The molecule has 1 aliphatic carbocycles. The van der Waals surface area contributed by atoms with E-state index in [-0.39, 0.29) is 33.1 Å². The first-order valence-electron chi connectivity index (χ1n) is 11.1. The summed E-state index contributed by atoms with van der Waals surface area (Å²) in [6.07, 6.45) is -5.49. The predicted octanol–water partition coefficient (Wildman–Crippen LogP) is 7.62. The van der Waals surface area contributed by atoms with Crippen LogP contribution in [-0.4, -0.2) is 16.0 Å². The fourth-order valence-electron chi connectivity index (χ4n) is 4.30. The van der Waals surface area contributed by atoms with Gasteiger partial charge in [0.05, 0.1) is 22.2 Å². The van der Waals surface area contributed by atoms with Gasteiger partial charge in [0.2, 0.25) is 5.91 Å². The quantitative estimate of drug-likeness (QED) is 0.131. The number of carbonyl (C=O) groups excluding carboxylic acids is 2. The van der Waals surface area contributed by atoms with Gasteiger partial charge < -0.3 is 11.1 Å². The van der Waals surface area contributed by atoms with Gasteiger partial charge in [-0.1, -0.05) is 17.7 Å². The fourth-order valence-corrected chi connectivity index (χ4v) is 5.35. The molecule has 0 radical (unpaired) electrons. The number of anilines is 2. The standard InChI is InChI=1S/C26H17Cl3F6N2O2/c1-10-4-13(8-14(23(10)27)20(38)7-12-6-19(36)18(32)9-17(12)31)37-24(39)22-21(25(22,28)29)11-2-3-16(30)15(5-11)26(33,34)35/h2-6,8-9,21-22H,7,36H2,1H3,(H,37,39)/t21-,22+/m0/s1. The molecule has 0 aliphatic heterocycles. The van der Waals surface area contributed by atoms with Crippen LogP contribution in [0, 0.1) is 30.3 Å². The number of Topliss-reactive ketones (excluding diaryl/α,β-unsaturated/α-hetero) is 1. The largest absolute Gasteiger partial charge is 0.419 e. The molecule has 3 aromatic carbocycles. The van der Waals surface area contributed by atoms with Crippen LogP contribution in [0.5, 0.6) is 0 Å². The zero-order valence-electron chi connectivity index (χ0n) is 19.7. The highest BCUT2D eigenvalue weighted by Crippen LogP contribution is 2.65. The molecule has 0 bridgehead atoms. The Kier molecular flexibility index (Phi) is 7.61. The van der Waals surface area contributed by atoms with Crippen molar-refractivity contribution in [1.82, 2.24) is 0 Å². The average Bonchev–Trinajstić information content (AvgIpc) is 3.41. The van der Waals surface area contributed by atoms with Crippen LogP contribution in [0.25, 0.3) is 0 Å². The summed E-state index contributed by atoms with van der Waals surface area (Å²) in [5.41, 5.74) is 3.68. The maximum Gasteiger partial charge on any atom is 0.419 e. The predicted molar refractivity (Wildman–Crippen MR) is 136 cm³/mol. The molecule has 4 nitrogen and oxygen atoms in total. The maximum atomic E-state index is 14.1. The molecule has 0 saturated heterocycles. The lowest BCUT2D eigenvalue weighted by Crippen LogP contribution is -2.18. The molecule has 0 spiro atoms. The van der Waals surface area contributed by atoms with E-state index in [0.29, 0.717) is 23.8 Å². The molecule has 1 amide bonds. The van der Waals surface area contributed by atoms with Crippen molar-refractivity contribution in [1.29, 1.82) is 0 Å². The van der Waals surface area contributed by atoms with E-state index in [1.165, 1.54) is 19.1 Å². The van der Waals surface area contributed by atoms with Crippen molar-refractivity contribution in [2.24, 2.45) is 5.92 Å². The van der Waals surface area contributed by atoms with Gasteiger partial charge in [-0.15, -0.1) is 23.2 Å². The second-order valence-corrected chi connectivity index (χ2v) is 10.9. The summed E-state index contributed by atoms with van der Waals surface area (Å²) in [5, 5.41) is 2.53. The summed E-state index contributed by atoms with van der Waals surface area (Å²) in [6, 6.07) is 6.42. The molecule has 3 aromatic rings. The lowest BCUT2D eigenvalue weighted by Gasteiger charge is -2.12. The third kappa shape index (κ3) is 5.69. The highest BCUT2D eigenvalue weighted by Gasteiger charge is 2.67. The number of alkyl halides is 5. The van der Waals surface area contributed by atoms with E-state index in [2.05, 4.69) is 5.32 Å². The van der Waals surface area contributed by atoms with Crippen LogP contribution >= 0.6 is 34.8 Å². The lowest BCUT2D eigenvalue weighted by atomic mass is 9.99. The number of amides is 1. The second kappa shape index (κ2) is 10.2. The number of nitrogen functional groups attached to an aromatic ring is 1. The van der Waals surface area contributed by atoms with E-state index < -0.39 is 63.5 Å². The molecular weight excluding hydrogens is 593 g/mol. The van der Waals surface area contributed by atoms with Crippen molar-refractivity contribution in [3.8, 4) is 0 Å². The molecule has 0 heterocycles. The summed E-state index contributed by atoms with van der Waals surface area (Å²) in [5.74, 6) is -7.18. The van der Waals surface area contributed by atoms with Gasteiger partial charge in [-0.3, -0.25) is 9.59 Å². The fraction of sp³-hybridized carbons (Fsp3) is 0.231. The molecule has 13 heteroatoms. The Hall–Kier alpha value is -2.95. The lowest BCUT2D eigenvalue weighted by molar-refractivity contribution is -0.140. The number of carbonyl (C=O) groups is 2. The Labute approximate surface area is 233 Å². The van der Waals surface area contributed by atoms with Gasteiger partial charge >= 0.3 is 6.18 Å². The van der Waals surface area contributed by atoms with Crippen molar-refractivity contribution in [2.45, 2.75) is 29.8 Å². The first-order valence-corrected chi connectivity index (χ1v) is 12.3. The van der Waals surface area contributed by atoms with E-state index in [4.69, 9.17) is 40.5 Å². The van der Waals surface area contributed by atoms with Gasteiger partial charge in [0.25, 0.3) is 0 Å². The molecular formula is C26H17Cl3F6N2O2. The molecule has 3 N–H and O–H groups in total. The van der Waals surface area contributed by atoms with E-state index in [9.17, 15) is 35.9 Å². The number of ketones is 1. The number of hydrogen-bond acceptors (Lipinski definition) is 3. The van der Waals surface area contributed by atoms with Crippen molar-refractivity contribution >= 4 is 57.9 Å². The number of benzene rings is 3. The number of nitrogens with one attached hydrogen (secondary N) is 1. The van der Waals surface area contributed by atoms with Crippen LogP contribution < -0.4 is 11.1 Å². The van der Waals surface area contributed by atoms with Crippen molar-refractivity contribution in [2.75, 3.05) is 11.1 Å². The minimum atomic E-state index is -4.97. The molecule has 39 heavy (non-hydrogen) atoms. The smallest absolute Gasteiger partial charge is 0.396 e. The summed E-state index contributed by atoms with van der Waals surface area (Å²) in [6.45, 7) is 1.54. The summed E-state index contributed by atoms with van der Waals surface area (Å²) < 4.78 is 79.0. The first kappa shape index (κ1) is 29.0. The highest BCUT2D eigenvalue weighted by molar-refractivity contribution is 6.53. The molecule has 1 fully saturated rings. The molecule has 206 valence electrons. The number of rotatable bonds is 6. The van der Waals surface area contributed by atoms with E-state index in [0.717, 1.165) is 12.1 Å². The van der Waals surface area contributed by atoms with Crippen LogP contribution in [-0.2, 0) is 17.4 Å². The van der Waals surface area contributed by atoms with Gasteiger partial charge in [0.15, 0.2) is 5.78 Å². The monoisotopic (exact) mass is 608 g/mol. The van der Waals surface area contributed by atoms with Crippen LogP contribution in [0.1, 0.15) is 38.5 Å². The van der Waals surface area contributed by atoms with Gasteiger partial charge in [-0.05, 0) is 53.9 Å². The Morgan fingerprint density at radius 1 is 1.00 bits per heavy atom. The Bertz CT molecular complexity index is 1510. The zero-order valence-corrected chi connectivity index (χ0v) is 22.0. The minimum absolute atomic E-state index is 0.0211. The maximum absolute atomic E-state index is 14.1. The van der Waals surface area contributed by atoms with Gasteiger partial charge in [0, 0.05) is 29.7 Å². The van der Waals surface area contributed by atoms with E-state index in [1.807, 2.05) is 0 Å². The molecule has 4 rings (SSSR count). The van der Waals surface area contributed by atoms with Crippen LogP contribution in [0.3, 0.4) is 0 Å². The van der Waals surface area contributed by atoms with Crippen LogP contribution in [0.2, 0.25) is 5.02 Å². The van der Waals surface area contributed by atoms with Crippen molar-refractivity contribution in [3.05, 3.63) is 92.8 Å². The summed E-state index contributed by atoms with van der Waals surface area (Å²) in [4.78, 5) is 25.9. The molecule has 1 saturated carbocycles. The highest BCUT2D eigenvalue weighted by atomic mass is 35.5. The van der Waals surface area contributed by atoms with E-state index >= 15 is 0 Å². The number of nitrogens with two attached hydrogens (primary N) is 1. The summed E-state index contributed by atoms with van der Waals surface area (Å²) in [7, 11) is 0. The second-order valence-electron chi connectivity index (χ2n) is 9.08. The van der Waals surface area contributed by atoms with Crippen LogP contribution in [0.15, 0.2) is 42.5 Å². The first-order chi connectivity index (χ1) is 18.0. The molecule has 0 aromatic heterocycles. The zero-order chi connectivity index (χ0) is 29.0.